The minimum absolute atomic E-state index is 0.0352. The number of phenolic OH excluding ortho intramolecular Hbond substituents is 3. The molecule has 4 aliphatic rings. The van der Waals surface area contributed by atoms with Gasteiger partial charge in [-0.2, -0.15) is 5.10 Å². The molecule has 0 saturated carbocycles. The number of carbonyl (C=O) groups excluding carboxylic acids is 2. The van der Waals surface area contributed by atoms with Crippen LogP contribution in [0.4, 0.5) is 5.69 Å². The maximum absolute atomic E-state index is 14.5. The van der Waals surface area contributed by atoms with Crippen LogP contribution in [0, 0.1) is 30.6 Å². The van der Waals surface area contributed by atoms with E-state index in [1.54, 1.807) is 58.7 Å². The molecule has 4 heterocycles. The average molecular weight is 917 g/mol. The fourth-order valence-electron chi connectivity index (χ4n) is 8.37. The van der Waals surface area contributed by atoms with Crippen molar-refractivity contribution in [2.45, 2.75) is 92.5 Å². The molecular weight excluding hydrogens is 851 g/mol. The summed E-state index contributed by atoms with van der Waals surface area (Å²) in [4.78, 5) is 30.2. The topological polar surface area (TPSA) is 250 Å². The van der Waals surface area contributed by atoms with Gasteiger partial charge in [0.15, 0.2) is 5.75 Å². The Morgan fingerprint density at radius 1 is 0.891 bits per heavy atom. The number of ketones is 1. The highest BCUT2D eigenvalue weighted by Crippen LogP contribution is 2.55. The van der Waals surface area contributed by atoms with E-state index < -0.39 is 90.4 Å². The Labute approximate surface area is 374 Å². The summed E-state index contributed by atoms with van der Waals surface area (Å²) in [6.07, 6.45) is 4.62. The number of nitrogens with zero attached hydrogens (tertiary/aromatic N) is 3. The first-order chi connectivity index (χ1) is 30.1. The normalized spacial score (nSPS) is 30.9. The summed E-state index contributed by atoms with van der Waals surface area (Å²) >= 11 is 0. The van der Waals surface area contributed by atoms with Crippen LogP contribution in [0.1, 0.15) is 76.9 Å². The maximum atomic E-state index is 14.5. The van der Waals surface area contributed by atoms with Crippen molar-refractivity contribution >= 4 is 42.0 Å². The summed E-state index contributed by atoms with van der Waals surface area (Å²) < 4.78 is 41.8. The lowest BCUT2D eigenvalue weighted by Crippen LogP contribution is -2.44. The molecular formula is C45H65N4O14P. The molecule has 0 spiro atoms. The molecule has 0 radical (unpaired) electrons. The monoisotopic (exact) mass is 916 g/mol. The van der Waals surface area contributed by atoms with E-state index in [9.17, 15) is 44.8 Å². The van der Waals surface area contributed by atoms with Gasteiger partial charge >= 0.3 is 13.4 Å². The van der Waals surface area contributed by atoms with Crippen molar-refractivity contribution in [3.05, 3.63) is 52.8 Å². The van der Waals surface area contributed by atoms with E-state index >= 15 is 0 Å². The Morgan fingerprint density at radius 3 is 2.11 bits per heavy atom. The molecule has 6 rings (SSSR count). The van der Waals surface area contributed by atoms with Crippen LogP contribution in [0.5, 0.6) is 23.0 Å². The number of Topliss-reactive ketones (excluding diaryl/α,β-unsaturated/α-hetero) is 1. The number of rotatable bonds is 9. The van der Waals surface area contributed by atoms with Gasteiger partial charge in [0.2, 0.25) is 0 Å². The van der Waals surface area contributed by atoms with Crippen molar-refractivity contribution in [2.75, 3.05) is 58.1 Å². The van der Waals surface area contributed by atoms with Gasteiger partial charge in [0.1, 0.15) is 23.5 Å². The zero-order chi connectivity index (χ0) is 47.4. The lowest BCUT2D eigenvalue weighted by Gasteiger charge is -2.36. The standard InChI is InChI=1S/C45H65N4O14P/c1-11-61-64(58,62-12-2)23-48-17-19-49(20-18-48)46-22-30-35-41(55)33-32(40(30)54)34-42(29(8)39(33)53)63-45(9,43(34)56)60-21-16-31(59-10)26(5)37(51)28(7)38(52)27(6)36(50)24(3)14-13-15-25(4)44(57)47-35/h13-16,21-22,24,26-28,31,36-38,50-55H,11-12,17-20,23H2,1-10H3,(H,47,57)/b14-13+,21-16+,25-15-,46-22+/t24-,26-,27-,28+,31+,36-,37-,38+,45+/m1/s1. The van der Waals surface area contributed by atoms with Gasteiger partial charge < -0.3 is 59.2 Å². The Hall–Kier alpha value is -4.52. The number of aliphatic hydroxyl groups is 3. The van der Waals surface area contributed by atoms with Crippen LogP contribution in [-0.2, 0) is 27.9 Å². The number of benzene rings is 2. The number of amides is 1. The Balaban J connectivity index is 1.63. The third kappa shape index (κ3) is 10.3. The van der Waals surface area contributed by atoms with Crippen molar-refractivity contribution in [3.63, 3.8) is 0 Å². The number of phenols is 3. The molecule has 2 aromatic carbocycles. The predicted molar refractivity (Wildman–Crippen MR) is 241 cm³/mol. The van der Waals surface area contributed by atoms with Crippen LogP contribution in [0.3, 0.4) is 0 Å². The fourth-order valence-corrected chi connectivity index (χ4v) is 10.2. The van der Waals surface area contributed by atoms with Crippen LogP contribution in [0.2, 0.25) is 0 Å². The number of hydrogen-bond donors (Lipinski definition) is 7. The molecule has 4 aliphatic heterocycles. The summed E-state index contributed by atoms with van der Waals surface area (Å²) in [7, 11) is -1.93. The molecule has 64 heavy (non-hydrogen) atoms. The lowest BCUT2D eigenvalue weighted by atomic mass is 9.78. The number of nitrogens with one attached hydrogen (secondary N) is 1. The van der Waals surface area contributed by atoms with E-state index in [-0.39, 0.29) is 64.0 Å². The van der Waals surface area contributed by atoms with Crippen molar-refractivity contribution in [2.24, 2.45) is 28.8 Å². The molecule has 1 amide bonds. The van der Waals surface area contributed by atoms with Crippen LogP contribution >= 0.6 is 7.60 Å². The molecule has 354 valence electrons. The second-order valence-corrected chi connectivity index (χ2v) is 19.0. The van der Waals surface area contributed by atoms with Gasteiger partial charge in [-0.3, -0.25) is 24.1 Å². The first-order valence-corrected chi connectivity index (χ1v) is 23.4. The van der Waals surface area contributed by atoms with Gasteiger partial charge in [0.05, 0.1) is 72.3 Å². The summed E-state index contributed by atoms with van der Waals surface area (Å²) in [5.74, 6) is -8.01. The highest BCUT2D eigenvalue weighted by atomic mass is 31.2. The van der Waals surface area contributed by atoms with Gasteiger partial charge in [-0.05, 0) is 33.8 Å². The SMILES string of the molecule is CCOP(=O)(CN1CCN(/N=C/c2c3c(O)c4c(O)c(C)c5c(c4c2O)C(=O)[C@@](C)(O/C=C/[C@H](OC)[C@@H](C)[C@@H](O)[C@H](C)[C@@H](O)[C@H](C)[C@H](O)[C@H](C)/C=C/C=C(/C)C(=O)N3)O5)CC1)OCC. The molecule has 5 bridgehead atoms. The van der Waals surface area contributed by atoms with Gasteiger partial charge in [-0.1, -0.05) is 45.9 Å². The van der Waals surface area contributed by atoms with Crippen LogP contribution in [0.25, 0.3) is 10.8 Å². The Morgan fingerprint density at radius 2 is 1.50 bits per heavy atom. The number of hydrazone groups is 1. The second kappa shape index (κ2) is 20.8. The zero-order valence-electron chi connectivity index (χ0n) is 38.3. The van der Waals surface area contributed by atoms with E-state index in [2.05, 4.69) is 10.4 Å². The predicted octanol–water partition coefficient (Wildman–Crippen LogP) is 5.36. The number of piperazine rings is 1. The number of allylic oxidation sites excluding steroid dienone is 2. The second-order valence-electron chi connectivity index (χ2n) is 16.9. The minimum atomic E-state index is -3.35. The molecule has 0 aromatic heterocycles. The molecule has 9 atom stereocenters. The van der Waals surface area contributed by atoms with E-state index in [1.165, 1.54) is 52.5 Å². The number of carbonyl (C=O) groups is 2. The number of fused-ring (bicyclic) bond motifs is 14. The largest absolute Gasteiger partial charge is 0.507 e. The molecule has 7 N–H and O–H groups in total. The van der Waals surface area contributed by atoms with E-state index in [1.807, 2.05) is 4.90 Å². The maximum Gasteiger partial charge on any atom is 0.344 e. The smallest absolute Gasteiger partial charge is 0.344 e. The van der Waals surface area contributed by atoms with Crippen molar-refractivity contribution in [3.8, 4) is 23.0 Å². The molecule has 1 fully saturated rings. The third-order valence-electron chi connectivity index (χ3n) is 12.5. The summed E-state index contributed by atoms with van der Waals surface area (Å²) in [6.45, 7) is 16.6. The van der Waals surface area contributed by atoms with Gasteiger partial charge in [-0.25, -0.2) is 0 Å². The summed E-state index contributed by atoms with van der Waals surface area (Å²) in [5, 5.41) is 78.1. The number of anilines is 1. The molecule has 19 heteroatoms. The lowest BCUT2D eigenvalue weighted by molar-refractivity contribution is -0.112. The molecule has 18 nitrogen and oxygen atoms in total. The fraction of sp³-hybridized carbons (Fsp3) is 0.578. The van der Waals surface area contributed by atoms with E-state index in [4.69, 9.17) is 23.3 Å². The van der Waals surface area contributed by atoms with Gasteiger partial charge in [0, 0.05) is 80.4 Å². The first-order valence-electron chi connectivity index (χ1n) is 21.6. The highest BCUT2D eigenvalue weighted by molar-refractivity contribution is 7.53. The van der Waals surface area contributed by atoms with E-state index in [0.29, 0.717) is 26.2 Å². The Bertz CT molecular complexity index is 2210. The molecule has 0 aliphatic carbocycles. The van der Waals surface area contributed by atoms with Crippen LogP contribution in [-0.4, -0.2) is 141 Å². The third-order valence-corrected chi connectivity index (χ3v) is 14.5. The zero-order valence-corrected chi connectivity index (χ0v) is 39.2. The number of aliphatic hydroxyl groups excluding tert-OH is 3. The molecule has 2 aromatic rings. The van der Waals surface area contributed by atoms with E-state index in [0.717, 1.165) is 0 Å². The van der Waals surface area contributed by atoms with Crippen LogP contribution in [0.15, 0.2) is 41.2 Å². The summed E-state index contributed by atoms with van der Waals surface area (Å²) in [6, 6.07) is 0. The van der Waals surface area contributed by atoms with Gasteiger partial charge in [0.25, 0.3) is 11.7 Å². The minimum Gasteiger partial charge on any atom is -0.507 e. The van der Waals surface area contributed by atoms with Gasteiger partial charge in [-0.15, -0.1) is 0 Å². The van der Waals surface area contributed by atoms with Crippen molar-refractivity contribution in [1.82, 2.24) is 9.91 Å². The van der Waals surface area contributed by atoms with Crippen molar-refractivity contribution in [1.29, 1.82) is 0 Å². The molecule has 1 saturated heterocycles. The Kier molecular flexibility index (Phi) is 16.4. The molecule has 0 unspecified atom stereocenters. The first kappa shape index (κ1) is 50.5. The number of methoxy groups -OCH3 is 1. The number of aromatic hydroxyl groups is 3. The van der Waals surface area contributed by atoms with Crippen LogP contribution < -0.4 is 10.1 Å². The average Bonchev–Trinajstić information content (AvgIpc) is 3.52. The summed E-state index contributed by atoms with van der Waals surface area (Å²) in [5.41, 5.74) is -0.541. The number of hydrogen-bond acceptors (Lipinski definition) is 17. The van der Waals surface area contributed by atoms with Crippen molar-refractivity contribution < 1.29 is 68.1 Å². The quantitative estimate of drug-likeness (QED) is 0.0724. The highest BCUT2D eigenvalue weighted by Gasteiger charge is 2.50. The number of ether oxygens (including phenoxy) is 3.